The van der Waals surface area contributed by atoms with Gasteiger partial charge in [0, 0.05) is 12.2 Å². The third-order valence-corrected chi connectivity index (χ3v) is 4.50. The van der Waals surface area contributed by atoms with Gasteiger partial charge in [-0.15, -0.1) is 0 Å². The smallest absolute Gasteiger partial charge is 0.260 e. The minimum absolute atomic E-state index is 0.0419. The number of likely N-dealkylation sites (N-methyl/N-ethyl adjacent to an activating group) is 1. The molecule has 7 heteroatoms. The number of amides is 2. The molecule has 0 fully saturated rings. The maximum absolute atomic E-state index is 12.4. The van der Waals surface area contributed by atoms with Crippen LogP contribution in [0.4, 0.5) is 5.69 Å². The highest BCUT2D eigenvalue weighted by atomic mass is 79.9. The van der Waals surface area contributed by atoms with E-state index < -0.39 is 0 Å². The van der Waals surface area contributed by atoms with Crippen molar-refractivity contribution in [2.24, 2.45) is 0 Å². The Balaban J connectivity index is 1.88. The summed E-state index contributed by atoms with van der Waals surface area (Å²) in [5.74, 6) is 0.771. The van der Waals surface area contributed by atoms with Crippen molar-refractivity contribution in [3.8, 4) is 11.5 Å². The molecule has 0 saturated carbocycles. The molecule has 1 N–H and O–H groups in total. The summed E-state index contributed by atoms with van der Waals surface area (Å²) in [4.78, 5) is 26.1. The highest BCUT2D eigenvalue weighted by Crippen LogP contribution is 2.25. The van der Waals surface area contributed by atoms with Crippen molar-refractivity contribution in [2.75, 3.05) is 32.1 Å². The molecule has 0 aromatic heterocycles. The number of rotatable bonds is 8. The Hall–Kier alpha value is -2.54. The zero-order valence-electron chi connectivity index (χ0n) is 15.6. The summed E-state index contributed by atoms with van der Waals surface area (Å²) in [5.41, 5.74) is 1.73. The number of hydrogen-bond donors (Lipinski definition) is 1. The van der Waals surface area contributed by atoms with Gasteiger partial charge in [0.1, 0.15) is 11.5 Å². The third-order valence-electron chi connectivity index (χ3n) is 3.88. The fourth-order valence-corrected chi connectivity index (χ4v) is 2.99. The fraction of sp³-hybridized carbons (Fsp3) is 0.300. The van der Waals surface area contributed by atoms with E-state index >= 15 is 0 Å². The van der Waals surface area contributed by atoms with Crippen molar-refractivity contribution >= 4 is 33.4 Å². The Kier molecular flexibility index (Phi) is 7.67. The van der Waals surface area contributed by atoms with Crippen molar-refractivity contribution in [2.45, 2.75) is 13.8 Å². The molecule has 0 saturated heterocycles. The minimum atomic E-state index is -0.271. The summed E-state index contributed by atoms with van der Waals surface area (Å²) in [7, 11) is 1.58. The molecule has 2 aromatic rings. The van der Waals surface area contributed by atoms with Crippen LogP contribution in [-0.2, 0) is 9.59 Å². The lowest BCUT2D eigenvalue weighted by molar-refractivity contribution is -0.136. The van der Waals surface area contributed by atoms with E-state index in [0.717, 1.165) is 10.0 Å². The predicted molar refractivity (Wildman–Crippen MR) is 108 cm³/mol. The average molecular weight is 435 g/mol. The van der Waals surface area contributed by atoms with Crippen LogP contribution in [0.1, 0.15) is 12.5 Å². The summed E-state index contributed by atoms with van der Waals surface area (Å²) in [5, 5.41) is 2.77. The Labute approximate surface area is 167 Å². The SMILES string of the molecule is CCN(CC(=O)Nc1ccc(OC)cc1)C(=O)COc1ccc(C)cc1Br. The molecule has 0 atom stereocenters. The van der Waals surface area contributed by atoms with E-state index in [0.29, 0.717) is 23.7 Å². The predicted octanol–water partition coefficient (Wildman–Crippen LogP) is 3.63. The summed E-state index contributed by atoms with van der Waals surface area (Å²) >= 11 is 3.42. The van der Waals surface area contributed by atoms with Crippen LogP contribution in [0.2, 0.25) is 0 Å². The van der Waals surface area contributed by atoms with E-state index in [1.165, 1.54) is 4.90 Å². The quantitative estimate of drug-likeness (QED) is 0.688. The molecule has 2 rings (SSSR count). The standard InChI is InChI=1S/C20H23BrN2O4/c1-4-23(12-19(24)22-15-6-8-16(26-3)9-7-15)20(25)13-27-18-10-5-14(2)11-17(18)21/h5-11H,4,12-13H2,1-3H3,(H,22,24). The van der Waals surface area contributed by atoms with E-state index in [1.807, 2.05) is 26.0 Å². The summed E-state index contributed by atoms with van der Waals surface area (Å²) in [6, 6.07) is 12.6. The van der Waals surface area contributed by atoms with Gasteiger partial charge in [0.2, 0.25) is 5.91 Å². The van der Waals surface area contributed by atoms with Crippen LogP contribution < -0.4 is 14.8 Å². The lowest BCUT2D eigenvalue weighted by atomic mass is 10.2. The van der Waals surface area contributed by atoms with Gasteiger partial charge >= 0.3 is 0 Å². The first kappa shape index (κ1) is 20.8. The highest BCUT2D eigenvalue weighted by molar-refractivity contribution is 9.10. The molecule has 0 aliphatic heterocycles. The molecule has 0 spiro atoms. The number of nitrogens with one attached hydrogen (secondary N) is 1. The Bertz CT molecular complexity index is 793. The molecular weight excluding hydrogens is 412 g/mol. The molecule has 2 aromatic carbocycles. The molecule has 6 nitrogen and oxygen atoms in total. The monoisotopic (exact) mass is 434 g/mol. The first-order chi connectivity index (χ1) is 12.9. The average Bonchev–Trinajstić information content (AvgIpc) is 2.65. The number of anilines is 1. The molecule has 27 heavy (non-hydrogen) atoms. The number of benzene rings is 2. The van der Waals surface area contributed by atoms with Crippen LogP contribution in [0.15, 0.2) is 46.9 Å². The molecular formula is C20H23BrN2O4. The van der Waals surface area contributed by atoms with E-state index in [-0.39, 0.29) is 25.0 Å². The number of nitrogens with zero attached hydrogens (tertiary/aromatic N) is 1. The molecule has 0 aliphatic rings. The summed E-state index contributed by atoms with van der Waals surface area (Å²) < 4.78 is 11.4. The van der Waals surface area contributed by atoms with E-state index in [4.69, 9.17) is 9.47 Å². The third kappa shape index (κ3) is 6.29. The van der Waals surface area contributed by atoms with Crippen LogP contribution in [0, 0.1) is 6.92 Å². The zero-order chi connectivity index (χ0) is 19.8. The molecule has 2 amide bonds. The number of halogens is 1. The van der Waals surface area contributed by atoms with Crippen LogP contribution in [0.25, 0.3) is 0 Å². The molecule has 0 heterocycles. The fourth-order valence-electron chi connectivity index (χ4n) is 2.38. The Morgan fingerprint density at radius 2 is 1.85 bits per heavy atom. The normalized spacial score (nSPS) is 10.2. The van der Waals surface area contributed by atoms with Crippen LogP contribution in [0.3, 0.4) is 0 Å². The number of aryl methyl sites for hydroxylation is 1. The van der Waals surface area contributed by atoms with E-state index in [9.17, 15) is 9.59 Å². The molecule has 0 aliphatic carbocycles. The van der Waals surface area contributed by atoms with Crippen molar-refractivity contribution in [3.63, 3.8) is 0 Å². The van der Waals surface area contributed by atoms with Gasteiger partial charge in [-0.25, -0.2) is 0 Å². The molecule has 0 unspecified atom stereocenters. The number of methoxy groups -OCH3 is 1. The second-order valence-electron chi connectivity index (χ2n) is 5.91. The lowest BCUT2D eigenvalue weighted by Crippen LogP contribution is -2.40. The first-order valence-electron chi connectivity index (χ1n) is 8.53. The topological polar surface area (TPSA) is 67.9 Å². The summed E-state index contributed by atoms with van der Waals surface area (Å²) in [6.07, 6.45) is 0. The molecule has 0 radical (unpaired) electrons. The van der Waals surface area contributed by atoms with Crippen molar-refractivity contribution in [1.29, 1.82) is 0 Å². The van der Waals surface area contributed by atoms with Gasteiger partial charge in [0.15, 0.2) is 6.61 Å². The maximum atomic E-state index is 12.4. The number of ether oxygens (including phenoxy) is 2. The van der Waals surface area contributed by atoms with Gasteiger partial charge in [-0.3, -0.25) is 9.59 Å². The van der Waals surface area contributed by atoms with Crippen molar-refractivity contribution in [3.05, 3.63) is 52.5 Å². The van der Waals surface area contributed by atoms with Crippen LogP contribution >= 0.6 is 15.9 Å². The lowest BCUT2D eigenvalue weighted by Gasteiger charge is -2.20. The largest absolute Gasteiger partial charge is 0.497 e. The zero-order valence-corrected chi connectivity index (χ0v) is 17.2. The van der Waals surface area contributed by atoms with Gasteiger partial charge in [-0.1, -0.05) is 6.07 Å². The molecule has 144 valence electrons. The summed E-state index contributed by atoms with van der Waals surface area (Å²) in [6.45, 7) is 4.03. The van der Waals surface area contributed by atoms with E-state index in [1.54, 1.807) is 37.4 Å². The van der Waals surface area contributed by atoms with Gasteiger partial charge in [0.05, 0.1) is 18.1 Å². The van der Waals surface area contributed by atoms with Gasteiger partial charge in [-0.2, -0.15) is 0 Å². The van der Waals surface area contributed by atoms with Crippen LogP contribution in [0.5, 0.6) is 11.5 Å². The van der Waals surface area contributed by atoms with Gasteiger partial charge in [0.25, 0.3) is 5.91 Å². The second kappa shape index (κ2) is 9.97. The molecule has 0 bridgehead atoms. The Morgan fingerprint density at radius 3 is 2.44 bits per heavy atom. The van der Waals surface area contributed by atoms with Crippen LogP contribution in [-0.4, -0.2) is 43.5 Å². The number of carbonyl (C=O) groups excluding carboxylic acids is 2. The second-order valence-corrected chi connectivity index (χ2v) is 6.76. The number of hydrogen-bond acceptors (Lipinski definition) is 4. The first-order valence-corrected chi connectivity index (χ1v) is 9.33. The highest BCUT2D eigenvalue weighted by Gasteiger charge is 2.17. The Morgan fingerprint density at radius 1 is 1.15 bits per heavy atom. The van der Waals surface area contributed by atoms with Crippen molar-refractivity contribution in [1.82, 2.24) is 4.90 Å². The van der Waals surface area contributed by atoms with Crippen molar-refractivity contribution < 1.29 is 19.1 Å². The van der Waals surface area contributed by atoms with Gasteiger partial charge in [-0.05, 0) is 71.7 Å². The maximum Gasteiger partial charge on any atom is 0.260 e. The van der Waals surface area contributed by atoms with Gasteiger partial charge < -0.3 is 19.7 Å². The minimum Gasteiger partial charge on any atom is -0.497 e. The van der Waals surface area contributed by atoms with E-state index in [2.05, 4.69) is 21.2 Å². The number of carbonyl (C=O) groups is 2.